The van der Waals surface area contributed by atoms with Gasteiger partial charge < -0.3 is 5.73 Å². The molecule has 0 heterocycles. The van der Waals surface area contributed by atoms with Crippen LogP contribution in [-0.2, 0) is 6.42 Å². The van der Waals surface area contributed by atoms with Crippen LogP contribution in [0.5, 0.6) is 0 Å². The van der Waals surface area contributed by atoms with Crippen molar-refractivity contribution in [2.45, 2.75) is 52.4 Å². The third-order valence-corrected chi connectivity index (χ3v) is 4.84. The Morgan fingerprint density at radius 1 is 0.963 bits per heavy atom. The highest BCUT2D eigenvalue weighted by Crippen LogP contribution is 2.29. The fraction of sp³-hybridized carbons (Fsp3) is 0.385. The average Bonchev–Trinajstić information content (AvgIpc) is 2.70. The van der Waals surface area contributed by atoms with Gasteiger partial charge in [0.05, 0.1) is 0 Å². The summed E-state index contributed by atoms with van der Waals surface area (Å²) in [5.41, 5.74) is 11.2. The van der Waals surface area contributed by atoms with Crippen molar-refractivity contribution in [1.82, 2.24) is 0 Å². The first-order chi connectivity index (χ1) is 13.2. The molecule has 0 saturated heterocycles. The van der Waals surface area contributed by atoms with E-state index in [4.69, 9.17) is 0 Å². The number of allylic oxidation sites excluding steroid dienone is 1. The number of benzene rings is 2. The van der Waals surface area contributed by atoms with Crippen molar-refractivity contribution in [3.8, 4) is 11.1 Å². The Labute approximate surface area is 167 Å². The van der Waals surface area contributed by atoms with E-state index in [1.807, 2.05) is 13.0 Å². The summed E-state index contributed by atoms with van der Waals surface area (Å²) in [5.74, 6) is 0.892. The van der Waals surface area contributed by atoms with E-state index in [1.165, 1.54) is 73.4 Å². The largest absolute Gasteiger partial charge is 0.333 e. The van der Waals surface area contributed by atoms with Crippen molar-refractivity contribution in [2.24, 2.45) is 11.7 Å². The van der Waals surface area contributed by atoms with Gasteiger partial charge in [0.2, 0.25) is 0 Å². The Kier molecular flexibility index (Phi) is 11.1. The van der Waals surface area contributed by atoms with E-state index in [2.05, 4.69) is 68.3 Å². The van der Waals surface area contributed by atoms with Crippen LogP contribution in [0, 0.1) is 12.8 Å². The number of rotatable bonds is 4. The van der Waals surface area contributed by atoms with Gasteiger partial charge in [0.15, 0.2) is 0 Å². The van der Waals surface area contributed by atoms with Gasteiger partial charge >= 0.3 is 0 Å². The molecule has 1 saturated carbocycles. The van der Waals surface area contributed by atoms with E-state index >= 15 is 0 Å². The smallest absolute Gasteiger partial charge is 0.0178 e. The molecule has 3 rings (SSSR count). The maximum absolute atomic E-state index is 4.50. The van der Waals surface area contributed by atoms with Gasteiger partial charge in [-0.3, -0.25) is 0 Å². The number of nitrogens with two attached hydrogens (primary N) is 1. The van der Waals surface area contributed by atoms with E-state index in [9.17, 15) is 0 Å². The van der Waals surface area contributed by atoms with Crippen molar-refractivity contribution in [2.75, 3.05) is 7.05 Å². The molecular formula is C26H37N. The Bertz CT molecular complexity index is 693. The zero-order chi connectivity index (χ0) is 20.1. The number of hydrogen-bond donors (Lipinski definition) is 1. The van der Waals surface area contributed by atoms with Crippen LogP contribution in [0.25, 0.3) is 17.2 Å². The van der Waals surface area contributed by atoms with Gasteiger partial charge in [0.1, 0.15) is 0 Å². The SMILES string of the molecule is C=CC.C=Cc1cccc(-c2cc(C)cc(CC3CCCCC3)c2)c1.CN. The zero-order valence-corrected chi connectivity index (χ0v) is 17.5. The molecular weight excluding hydrogens is 326 g/mol. The molecule has 0 unspecified atom stereocenters. The Balaban J connectivity index is 0.000000665. The first-order valence-corrected chi connectivity index (χ1v) is 10.1. The quantitative estimate of drug-likeness (QED) is 0.571. The highest BCUT2D eigenvalue weighted by molar-refractivity contribution is 5.68. The van der Waals surface area contributed by atoms with Crippen molar-refractivity contribution in [3.05, 3.63) is 78.4 Å². The lowest BCUT2D eigenvalue weighted by atomic mass is 9.84. The van der Waals surface area contributed by atoms with E-state index in [0.717, 1.165) is 5.92 Å². The topological polar surface area (TPSA) is 26.0 Å². The first kappa shape index (κ1) is 22.9. The molecule has 0 aromatic heterocycles. The second-order valence-electron chi connectivity index (χ2n) is 7.15. The van der Waals surface area contributed by atoms with Crippen LogP contribution in [0.15, 0.2) is 61.7 Å². The summed E-state index contributed by atoms with van der Waals surface area (Å²) in [6.45, 7) is 11.3. The summed E-state index contributed by atoms with van der Waals surface area (Å²) >= 11 is 0. The van der Waals surface area contributed by atoms with Gasteiger partial charge in [-0.05, 0) is 61.6 Å². The predicted molar refractivity (Wildman–Crippen MR) is 123 cm³/mol. The van der Waals surface area contributed by atoms with Gasteiger partial charge in [0, 0.05) is 0 Å². The maximum Gasteiger partial charge on any atom is -0.0178 e. The normalized spacial score (nSPS) is 13.5. The number of hydrogen-bond acceptors (Lipinski definition) is 1. The molecule has 1 aliphatic carbocycles. The summed E-state index contributed by atoms with van der Waals surface area (Å²) in [7, 11) is 1.50. The van der Waals surface area contributed by atoms with E-state index < -0.39 is 0 Å². The Hall–Kier alpha value is -2.12. The molecule has 27 heavy (non-hydrogen) atoms. The highest BCUT2D eigenvalue weighted by Gasteiger charge is 2.14. The minimum absolute atomic E-state index is 0.892. The molecule has 1 nitrogen and oxygen atoms in total. The van der Waals surface area contributed by atoms with Gasteiger partial charge in [-0.2, -0.15) is 0 Å². The monoisotopic (exact) mass is 363 g/mol. The van der Waals surface area contributed by atoms with Crippen LogP contribution in [0.2, 0.25) is 0 Å². The van der Waals surface area contributed by atoms with Crippen molar-refractivity contribution in [3.63, 3.8) is 0 Å². The van der Waals surface area contributed by atoms with E-state index in [-0.39, 0.29) is 0 Å². The first-order valence-electron chi connectivity index (χ1n) is 10.1. The Morgan fingerprint density at radius 2 is 1.63 bits per heavy atom. The minimum Gasteiger partial charge on any atom is -0.333 e. The van der Waals surface area contributed by atoms with Crippen LogP contribution in [0.4, 0.5) is 0 Å². The van der Waals surface area contributed by atoms with Crippen LogP contribution in [0.1, 0.15) is 55.7 Å². The fourth-order valence-electron chi connectivity index (χ4n) is 3.72. The summed E-state index contributed by atoms with van der Waals surface area (Å²) in [6, 6.07) is 15.7. The molecule has 2 N–H and O–H groups in total. The molecule has 1 aliphatic rings. The molecule has 0 spiro atoms. The maximum atomic E-state index is 4.50. The average molecular weight is 364 g/mol. The van der Waals surface area contributed by atoms with Crippen molar-refractivity contribution >= 4 is 6.08 Å². The van der Waals surface area contributed by atoms with Gasteiger partial charge in [0.25, 0.3) is 0 Å². The molecule has 1 heteroatoms. The minimum atomic E-state index is 0.892. The molecule has 0 bridgehead atoms. The van der Waals surface area contributed by atoms with Crippen LogP contribution in [0.3, 0.4) is 0 Å². The molecule has 146 valence electrons. The molecule has 2 aromatic rings. The highest BCUT2D eigenvalue weighted by atomic mass is 14.4. The summed E-state index contributed by atoms with van der Waals surface area (Å²) in [4.78, 5) is 0. The third-order valence-electron chi connectivity index (χ3n) is 4.84. The fourth-order valence-corrected chi connectivity index (χ4v) is 3.72. The molecule has 0 atom stereocenters. The molecule has 0 aliphatic heterocycles. The van der Waals surface area contributed by atoms with Crippen LogP contribution >= 0.6 is 0 Å². The molecule has 2 aromatic carbocycles. The standard InChI is InChI=1S/C22H26.C3H6.CH5N/c1-3-18-10-7-11-21(15-18)22-13-17(2)12-20(16-22)14-19-8-5-4-6-9-19;1-3-2;1-2/h3,7,10-13,15-16,19H,1,4-6,8-9,14H2,2H3;3H,1H2,2H3;2H2,1H3. The zero-order valence-electron chi connectivity index (χ0n) is 17.5. The van der Waals surface area contributed by atoms with Gasteiger partial charge in [-0.15, -0.1) is 6.58 Å². The second kappa shape index (κ2) is 13.1. The predicted octanol–water partition coefficient (Wildman–Crippen LogP) is 7.20. The van der Waals surface area contributed by atoms with E-state index in [1.54, 1.807) is 6.08 Å². The second-order valence-corrected chi connectivity index (χ2v) is 7.15. The lowest BCUT2D eigenvalue weighted by molar-refractivity contribution is 0.356. The van der Waals surface area contributed by atoms with Gasteiger partial charge in [-0.25, -0.2) is 0 Å². The summed E-state index contributed by atoms with van der Waals surface area (Å²) in [6.07, 6.45) is 12.0. The van der Waals surface area contributed by atoms with Crippen LogP contribution in [-0.4, -0.2) is 7.05 Å². The molecule has 0 radical (unpaired) electrons. The van der Waals surface area contributed by atoms with Crippen molar-refractivity contribution < 1.29 is 0 Å². The molecule has 0 amide bonds. The Morgan fingerprint density at radius 3 is 2.26 bits per heavy atom. The third kappa shape index (κ3) is 7.97. The molecule has 1 fully saturated rings. The van der Waals surface area contributed by atoms with E-state index in [0.29, 0.717) is 0 Å². The van der Waals surface area contributed by atoms with Crippen LogP contribution < -0.4 is 5.73 Å². The lowest BCUT2D eigenvalue weighted by Crippen LogP contribution is -2.09. The van der Waals surface area contributed by atoms with Crippen molar-refractivity contribution in [1.29, 1.82) is 0 Å². The summed E-state index contributed by atoms with van der Waals surface area (Å²) < 4.78 is 0. The lowest BCUT2D eigenvalue weighted by Gasteiger charge is -2.22. The number of aryl methyl sites for hydroxylation is 1. The van der Waals surface area contributed by atoms with Gasteiger partial charge in [-0.1, -0.05) is 92.8 Å². The summed E-state index contributed by atoms with van der Waals surface area (Å²) in [5, 5.41) is 0.